The van der Waals surface area contributed by atoms with E-state index in [1.807, 2.05) is 43.4 Å². The van der Waals surface area contributed by atoms with E-state index in [1.165, 1.54) is 55.1 Å². The fraction of sp³-hybridized carbons (Fsp3) is 0.672. The number of ketones is 1. The van der Waals surface area contributed by atoms with Crippen molar-refractivity contribution in [3.63, 3.8) is 0 Å². The highest BCUT2D eigenvalue weighted by molar-refractivity contribution is 14.1. The molecule has 4 heterocycles. The van der Waals surface area contributed by atoms with Crippen LogP contribution in [0, 0.1) is 34.2 Å². The summed E-state index contributed by atoms with van der Waals surface area (Å²) >= 11 is 2.82. The van der Waals surface area contributed by atoms with Crippen molar-refractivity contribution in [3.8, 4) is 40.9 Å². The standard InChI is InChI=1S/C58H81IN4O21S3/c1-13-61-32-25-77-37(23-36(32)72-8)82-50-45(67)42(28(3)79-55(50)81-35-18-16-14-15-17-20-58(71)24-34(65)43(62-56(70)76-12)40(35)31(58)19-21-85-87-57(6,7)26-60)63-84-38-22-33(64)52(30(5)78-38)86-53(69)39-27(2)41(59)48(51(75-11)47(39)73-9)83-54-46(68)49(74-10)44(66)29(4)80-54/h14-15,19,28-30,32-33,35-38,42,44-46,49-50,52,54-55,61,63-64,66-68,71H,13,21-26,60H2,1-12H3,(H,62,70)/b15-14-,31-19+/t28-,29+,30-,32+,33+,35+,36+,37+,38+,42-,44+,45+,46-,49-,50-,52-,54+,55+,58+/m1/s1. The number of ether oxygens (including phenoxy) is 12. The molecule has 87 heavy (non-hydrogen) atoms. The van der Waals surface area contributed by atoms with Gasteiger partial charge in [0.25, 0.3) is 0 Å². The molecule has 29 heteroatoms. The summed E-state index contributed by atoms with van der Waals surface area (Å²) in [6.45, 7) is 13.7. The van der Waals surface area contributed by atoms with E-state index in [2.05, 4.69) is 39.8 Å². The number of fused-ring (bicyclic) bond motifs is 2. The molecule has 1 amide bonds. The molecule has 4 fully saturated rings. The maximum Gasteiger partial charge on any atom is 0.411 e. The monoisotopic (exact) mass is 1390 g/mol. The summed E-state index contributed by atoms with van der Waals surface area (Å²) in [5, 5.41) is 62.9. The molecule has 2 aliphatic carbocycles. The second kappa shape index (κ2) is 31.8. The van der Waals surface area contributed by atoms with E-state index >= 15 is 0 Å². The predicted octanol–water partition coefficient (Wildman–Crippen LogP) is 2.66. The van der Waals surface area contributed by atoms with Gasteiger partial charge in [-0.2, -0.15) is 5.48 Å². The topological polar surface area (TPSA) is 334 Å². The largest absolute Gasteiger partial charge is 0.492 e. The second-order valence-electron chi connectivity index (χ2n) is 21.9. The van der Waals surface area contributed by atoms with Gasteiger partial charge in [-0.1, -0.05) is 70.0 Å². The summed E-state index contributed by atoms with van der Waals surface area (Å²) in [6, 6.07) is -1.29. The van der Waals surface area contributed by atoms with Crippen molar-refractivity contribution in [2.45, 2.75) is 188 Å². The third kappa shape index (κ3) is 16.7. The molecule has 0 unspecified atom stereocenters. The van der Waals surface area contributed by atoms with Crippen LogP contribution in [0.2, 0.25) is 0 Å². The highest BCUT2D eigenvalue weighted by Crippen LogP contribution is 2.49. The first-order chi connectivity index (χ1) is 41.4. The number of nitrogens with two attached hydrogens (primary N) is 1. The molecule has 0 saturated carbocycles. The molecule has 19 atom stereocenters. The molecular formula is C58H81IN4O21S3. The molecule has 484 valence electrons. The minimum atomic E-state index is -2.09. The Labute approximate surface area is 532 Å². The van der Waals surface area contributed by atoms with Crippen LogP contribution >= 0.6 is 55.9 Å². The average molecular weight is 1390 g/mol. The number of nitrogens with one attached hydrogen (secondary N) is 3. The normalized spacial score (nSPS) is 35.3. The average Bonchev–Trinajstić information content (AvgIpc) is 0.827. The molecule has 1 aromatic rings. The molecule has 7 rings (SSSR count). The van der Waals surface area contributed by atoms with Gasteiger partial charge in [-0.25, -0.2) is 4.79 Å². The number of allylic oxidation sites excluding steroid dienone is 3. The number of likely N-dealkylation sites (N-methyl/N-ethyl adjacent to an activating group) is 1. The molecule has 4 saturated heterocycles. The number of amides is 1. The Hall–Kier alpha value is -3.33. The van der Waals surface area contributed by atoms with Gasteiger partial charge in [0, 0.05) is 55.3 Å². The summed E-state index contributed by atoms with van der Waals surface area (Å²) in [6.07, 6.45) is -14.0. The van der Waals surface area contributed by atoms with Gasteiger partial charge in [-0.15, -0.1) is 0 Å². The first-order valence-electron chi connectivity index (χ1n) is 28.3. The van der Waals surface area contributed by atoms with Gasteiger partial charge in [0.15, 0.2) is 41.8 Å². The van der Waals surface area contributed by atoms with Crippen LogP contribution in [0.4, 0.5) is 4.79 Å². The lowest BCUT2D eigenvalue weighted by Gasteiger charge is -2.46. The number of thioether (sulfide) groups is 1. The van der Waals surface area contributed by atoms with Gasteiger partial charge in [0.05, 0.1) is 97.0 Å². The first kappa shape index (κ1) is 71.1. The molecule has 0 radical (unpaired) electrons. The van der Waals surface area contributed by atoms with Gasteiger partial charge in [0.2, 0.25) is 17.2 Å². The number of Topliss-reactive ketones (excluding diaryl/α,β-unsaturated/α-hetero) is 1. The minimum absolute atomic E-state index is 0.0237. The van der Waals surface area contributed by atoms with Crippen LogP contribution in [-0.2, 0) is 52.3 Å². The number of alkyl carbamates (subject to hydrolysis) is 1. The van der Waals surface area contributed by atoms with E-state index in [-0.39, 0.29) is 81.7 Å². The van der Waals surface area contributed by atoms with Crippen molar-refractivity contribution in [1.82, 2.24) is 16.1 Å². The number of carbonyl (C=O) groups is 3. The number of hydroxylamine groups is 1. The van der Waals surface area contributed by atoms with Crippen molar-refractivity contribution in [2.75, 3.05) is 61.0 Å². The smallest absolute Gasteiger partial charge is 0.411 e. The zero-order valence-electron chi connectivity index (χ0n) is 50.5. The molecule has 25 nitrogen and oxygen atoms in total. The molecule has 6 aliphatic rings. The van der Waals surface area contributed by atoms with Crippen LogP contribution in [0.25, 0.3) is 0 Å². The quantitative estimate of drug-likeness (QED) is 0.0250. The summed E-state index contributed by atoms with van der Waals surface area (Å²) in [7, 11) is 9.75. The van der Waals surface area contributed by atoms with Crippen molar-refractivity contribution >= 4 is 72.9 Å². The second-order valence-corrected chi connectivity index (χ2v) is 27.2. The summed E-state index contributed by atoms with van der Waals surface area (Å²) in [5.41, 5.74) is 7.21. The Morgan fingerprint density at radius 3 is 2.26 bits per heavy atom. The van der Waals surface area contributed by atoms with E-state index in [0.717, 1.165) is 18.9 Å². The highest BCUT2D eigenvalue weighted by Gasteiger charge is 2.52. The number of carbonyl (C=O) groups excluding carboxylic acids is 3. The van der Waals surface area contributed by atoms with Crippen LogP contribution in [0.5, 0.6) is 17.2 Å². The SMILES string of the molecule is CCN[C@H]1CO[C@@H](O[C@H]2[C@H](O[C@H]3C#C/C=C\C#C[C@]4(O)CC(=O)C(NC(=O)OC)=C3/C4=C\CSSC(C)(C)CN)O[C@H](C)[C@@H](NO[C@H]3C[C@H](O)[C@H](SC(=O)c4c(C)c(I)c(O[C@@H]5O[C@@H](C)[C@H](O)[C@@H](OC)[C@H]5O)c(OC)c4OC)[C@@H](C)O3)[C@@H]2O)C[C@@H]1OC. The van der Waals surface area contributed by atoms with Gasteiger partial charge >= 0.3 is 6.09 Å². The Bertz CT molecular complexity index is 2820. The van der Waals surface area contributed by atoms with E-state index in [4.69, 9.17) is 67.4 Å². The van der Waals surface area contributed by atoms with E-state index in [0.29, 0.717) is 22.2 Å². The van der Waals surface area contributed by atoms with E-state index in [9.17, 15) is 39.9 Å². The maximum atomic E-state index is 14.5. The lowest BCUT2D eigenvalue weighted by Crippen LogP contribution is -2.65. The number of aliphatic hydroxyl groups excluding tert-OH is 4. The van der Waals surface area contributed by atoms with Crippen molar-refractivity contribution in [1.29, 1.82) is 0 Å². The molecule has 0 aromatic heterocycles. The van der Waals surface area contributed by atoms with Gasteiger partial charge in [-0.3, -0.25) is 19.7 Å². The number of halogens is 1. The summed E-state index contributed by atoms with van der Waals surface area (Å²) in [5.74, 6) is 11.3. The Kier molecular flexibility index (Phi) is 26.0. The number of benzene rings is 1. The molecule has 2 bridgehead atoms. The first-order valence-corrected chi connectivity index (χ1v) is 32.6. The van der Waals surface area contributed by atoms with Gasteiger partial charge in [-0.05, 0) is 88.4 Å². The minimum Gasteiger partial charge on any atom is -0.492 e. The lowest BCUT2D eigenvalue weighted by molar-refractivity contribution is -0.336. The molecule has 10 N–H and O–H groups in total. The van der Waals surface area contributed by atoms with Crippen molar-refractivity contribution in [3.05, 3.63) is 49.8 Å². The van der Waals surface area contributed by atoms with E-state index in [1.54, 1.807) is 40.9 Å². The van der Waals surface area contributed by atoms with E-state index < -0.39 is 127 Å². The molecule has 0 spiro atoms. The number of aliphatic hydroxyl groups is 5. The van der Waals surface area contributed by atoms with Crippen LogP contribution in [0.1, 0.15) is 76.7 Å². The Balaban J connectivity index is 1.13. The summed E-state index contributed by atoms with van der Waals surface area (Å²) in [4.78, 5) is 47.8. The number of methoxy groups -OCH3 is 5. The fourth-order valence-electron chi connectivity index (χ4n) is 10.6. The molecular weight excluding hydrogens is 1310 g/mol. The van der Waals surface area contributed by atoms with Crippen LogP contribution < -0.4 is 36.1 Å². The van der Waals surface area contributed by atoms with Gasteiger partial charge in [0.1, 0.15) is 36.6 Å². The summed E-state index contributed by atoms with van der Waals surface area (Å²) < 4.78 is 72.4. The number of hydrogen-bond acceptors (Lipinski definition) is 27. The van der Waals surface area contributed by atoms with Crippen molar-refractivity contribution in [2.24, 2.45) is 5.73 Å². The molecule has 1 aromatic carbocycles. The zero-order valence-corrected chi connectivity index (χ0v) is 55.1. The maximum absolute atomic E-state index is 14.5. The molecule has 4 aliphatic heterocycles. The van der Waals surface area contributed by atoms with Crippen LogP contribution in [0.15, 0.2) is 35.1 Å². The number of hydrogen-bond donors (Lipinski definition) is 9. The van der Waals surface area contributed by atoms with Crippen LogP contribution in [0.3, 0.4) is 0 Å². The lowest BCUT2D eigenvalue weighted by atomic mass is 9.75. The third-order valence-corrected chi connectivity index (χ3v) is 21.3. The van der Waals surface area contributed by atoms with Gasteiger partial charge < -0.3 is 93.4 Å². The highest BCUT2D eigenvalue weighted by atomic mass is 127. The predicted molar refractivity (Wildman–Crippen MR) is 329 cm³/mol. The fourth-order valence-corrected chi connectivity index (χ4v) is 14.7. The van der Waals surface area contributed by atoms with Crippen LogP contribution in [-0.4, -0.2) is 224 Å². The Morgan fingerprint density at radius 2 is 1.61 bits per heavy atom. The zero-order chi connectivity index (χ0) is 63.7. The number of rotatable bonds is 23. The Morgan fingerprint density at radius 1 is 0.897 bits per heavy atom. The third-order valence-electron chi connectivity index (χ3n) is 15.4. The van der Waals surface area contributed by atoms with Crippen molar-refractivity contribution < 1.29 is 102 Å².